The van der Waals surface area contributed by atoms with Gasteiger partial charge in [0.15, 0.2) is 11.7 Å². The molecule has 2 rings (SSSR count). The fourth-order valence-corrected chi connectivity index (χ4v) is 1.67. The summed E-state index contributed by atoms with van der Waals surface area (Å²) >= 11 is 0. The van der Waals surface area contributed by atoms with Crippen LogP contribution in [-0.2, 0) is 9.59 Å². The van der Waals surface area contributed by atoms with Gasteiger partial charge in [0.25, 0.3) is 5.91 Å². The average Bonchev–Trinajstić information content (AvgIpc) is 2.37. The lowest BCUT2D eigenvalue weighted by molar-refractivity contribution is -0.139. The van der Waals surface area contributed by atoms with Gasteiger partial charge in [-0.15, -0.1) is 0 Å². The first kappa shape index (κ1) is 12.0. The number of imide groups is 2. The van der Waals surface area contributed by atoms with Crippen molar-refractivity contribution in [2.24, 2.45) is 5.92 Å². The first-order valence-corrected chi connectivity index (χ1v) is 5.24. The second kappa shape index (κ2) is 4.40. The zero-order chi connectivity index (χ0) is 13.3. The van der Waals surface area contributed by atoms with Gasteiger partial charge in [0.1, 0.15) is 0 Å². The topological polar surface area (TPSA) is 83.6 Å². The summed E-state index contributed by atoms with van der Waals surface area (Å²) in [5.41, 5.74) is 0.258. The molecule has 1 atom stereocenters. The Balaban J connectivity index is 2.33. The highest BCUT2D eigenvalue weighted by Gasteiger charge is 2.43. The van der Waals surface area contributed by atoms with Crippen LogP contribution in [0.5, 0.6) is 0 Å². The van der Waals surface area contributed by atoms with Gasteiger partial charge in [-0.25, -0.2) is 4.79 Å². The van der Waals surface area contributed by atoms with Crippen molar-refractivity contribution in [2.45, 2.75) is 0 Å². The van der Waals surface area contributed by atoms with E-state index in [0.29, 0.717) is 0 Å². The van der Waals surface area contributed by atoms with Crippen molar-refractivity contribution in [3.63, 3.8) is 0 Å². The number of carbonyl (C=O) groups excluding carboxylic acids is 4. The third-order valence-corrected chi connectivity index (χ3v) is 2.69. The van der Waals surface area contributed by atoms with E-state index < -0.39 is 29.5 Å². The van der Waals surface area contributed by atoms with E-state index in [1.807, 2.05) is 5.32 Å². The Morgan fingerprint density at radius 3 is 2.39 bits per heavy atom. The Hall–Kier alpha value is -2.50. The summed E-state index contributed by atoms with van der Waals surface area (Å²) in [7, 11) is 1.22. The second-order valence-corrected chi connectivity index (χ2v) is 3.85. The summed E-state index contributed by atoms with van der Waals surface area (Å²) in [5.74, 6) is -3.79. The quantitative estimate of drug-likeness (QED) is 0.596. The summed E-state index contributed by atoms with van der Waals surface area (Å²) in [6, 6.07) is 7.19. The van der Waals surface area contributed by atoms with Crippen LogP contribution in [0.2, 0.25) is 0 Å². The van der Waals surface area contributed by atoms with Gasteiger partial charge in [0, 0.05) is 12.6 Å². The van der Waals surface area contributed by atoms with Crippen molar-refractivity contribution < 1.29 is 19.2 Å². The highest BCUT2D eigenvalue weighted by atomic mass is 16.2. The molecule has 1 N–H and O–H groups in total. The van der Waals surface area contributed by atoms with E-state index in [1.54, 1.807) is 18.2 Å². The Bertz CT molecular complexity index is 538. The van der Waals surface area contributed by atoms with E-state index in [-0.39, 0.29) is 5.56 Å². The van der Waals surface area contributed by atoms with Gasteiger partial charge in [0.05, 0.1) is 0 Å². The number of hydrogen-bond donors (Lipinski definition) is 1. The molecule has 1 fully saturated rings. The van der Waals surface area contributed by atoms with E-state index >= 15 is 0 Å². The third-order valence-electron chi connectivity index (χ3n) is 2.69. The minimum absolute atomic E-state index is 0.258. The highest BCUT2D eigenvalue weighted by molar-refractivity contribution is 6.29. The Morgan fingerprint density at radius 1 is 1.17 bits per heavy atom. The van der Waals surface area contributed by atoms with Crippen LogP contribution in [0, 0.1) is 5.92 Å². The van der Waals surface area contributed by atoms with E-state index in [2.05, 4.69) is 0 Å². The summed E-state index contributed by atoms with van der Waals surface area (Å²) in [6.45, 7) is 0. The molecule has 1 aromatic carbocycles. The first-order chi connectivity index (χ1) is 8.52. The van der Waals surface area contributed by atoms with Crippen molar-refractivity contribution in [3.05, 3.63) is 35.9 Å². The number of barbiturate groups is 1. The van der Waals surface area contributed by atoms with Gasteiger partial charge in [-0.1, -0.05) is 30.3 Å². The fourth-order valence-electron chi connectivity index (χ4n) is 1.67. The minimum Gasteiger partial charge on any atom is -0.293 e. The molecular weight excluding hydrogens is 236 g/mol. The number of benzene rings is 1. The largest absolute Gasteiger partial charge is 0.330 e. The predicted octanol–water partition coefficient (Wildman–Crippen LogP) is 0.194. The van der Waals surface area contributed by atoms with Gasteiger partial charge in [0.2, 0.25) is 5.91 Å². The van der Waals surface area contributed by atoms with Crippen LogP contribution in [0.1, 0.15) is 10.4 Å². The molecule has 1 aliphatic rings. The number of ketones is 1. The van der Waals surface area contributed by atoms with E-state index in [9.17, 15) is 19.2 Å². The molecule has 1 aromatic rings. The molecule has 1 saturated heterocycles. The molecule has 0 spiro atoms. The molecule has 0 aliphatic carbocycles. The summed E-state index contributed by atoms with van der Waals surface area (Å²) in [4.78, 5) is 47.3. The zero-order valence-electron chi connectivity index (χ0n) is 9.54. The molecule has 18 heavy (non-hydrogen) atoms. The number of rotatable bonds is 2. The van der Waals surface area contributed by atoms with Gasteiger partial charge in [-0.05, 0) is 0 Å². The van der Waals surface area contributed by atoms with Crippen LogP contribution in [0.3, 0.4) is 0 Å². The lowest BCUT2D eigenvalue weighted by atomic mass is 9.94. The predicted molar refractivity (Wildman–Crippen MR) is 60.6 cm³/mol. The molecule has 1 heterocycles. The number of nitrogens with zero attached hydrogens (tertiary/aromatic N) is 1. The molecular formula is C12H10N2O4. The average molecular weight is 246 g/mol. The third kappa shape index (κ3) is 1.88. The van der Waals surface area contributed by atoms with Crippen molar-refractivity contribution in [1.29, 1.82) is 0 Å². The molecule has 6 heteroatoms. The molecule has 92 valence electrons. The van der Waals surface area contributed by atoms with Crippen molar-refractivity contribution in [1.82, 2.24) is 10.2 Å². The van der Waals surface area contributed by atoms with Crippen LogP contribution in [0.25, 0.3) is 0 Å². The maximum atomic E-state index is 12.1. The Labute approximate surface area is 103 Å². The van der Waals surface area contributed by atoms with E-state index in [1.165, 1.54) is 19.2 Å². The smallest absolute Gasteiger partial charge is 0.293 e. The maximum Gasteiger partial charge on any atom is 0.330 e. The first-order valence-electron chi connectivity index (χ1n) is 5.24. The normalized spacial score (nSPS) is 19.7. The second-order valence-electron chi connectivity index (χ2n) is 3.85. The van der Waals surface area contributed by atoms with E-state index in [4.69, 9.17) is 0 Å². The molecule has 0 aromatic heterocycles. The SMILES string of the molecule is CN1C(=O)NC(=O)[C@H](C(=O)c2ccccc2)C1=O. The van der Waals surface area contributed by atoms with Crippen molar-refractivity contribution in [2.75, 3.05) is 7.05 Å². The van der Waals surface area contributed by atoms with Crippen LogP contribution in [0.15, 0.2) is 30.3 Å². The summed E-state index contributed by atoms with van der Waals surface area (Å²) in [6.07, 6.45) is 0. The molecule has 6 nitrogen and oxygen atoms in total. The van der Waals surface area contributed by atoms with E-state index in [0.717, 1.165) is 4.90 Å². The molecule has 0 unspecified atom stereocenters. The number of nitrogens with one attached hydrogen (secondary N) is 1. The van der Waals surface area contributed by atoms with Crippen LogP contribution >= 0.6 is 0 Å². The van der Waals surface area contributed by atoms with Gasteiger partial charge >= 0.3 is 6.03 Å². The lowest BCUT2D eigenvalue weighted by Gasteiger charge is -2.26. The number of hydrogen-bond acceptors (Lipinski definition) is 4. The van der Waals surface area contributed by atoms with Gasteiger partial charge < -0.3 is 0 Å². The summed E-state index contributed by atoms with van der Waals surface area (Å²) < 4.78 is 0. The lowest BCUT2D eigenvalue weighted by Crippen LogP contribution is -2.58. The number of amides is 4. The molecule has 0 saturated carbocycles. The highest BCUT2D eigenvalue weighted by Crippen LogP contribution is 2.15. The van der Waals surface area contributed by atoms with Gasteiger partial charge in [-0.2, -0.15) is 0 Å². The Morgan fingerprint density at radius 2 is 1.78 bits per heavy atom. The van der Waals surface area contributed by atoms with Crippen molar-refractivity contribution in [3.8, 4) is 0 Å². The van der Waals surface area contributed by atoms with Crippen LogP contribution in [-0.4, -0.2) is 35.6 Å². The van der Waals surface area contributed by atoms with Crippen molar-refractivity contribution >= 4 is 23.6 Å². The monoisotopic (exact) mass is 246 g/mol. The molecule has 1 aliphatic heterocycles. The molecule has 0 bridgehead atoms. The van der Waals surface area contributed by atoms with Crippen LogP contribution < -0.4 is 5.32 Å². The summed E-state index contributed by atoms with van der Waals surface area (Å²) in [5, 5.41) is 1.97. The number of Topliss-reactive ketones (excluding diaryl/α,β-unsaturated/α-hetero) is 1. The standard InChI is InChI=1S/C12H10N2O4/c1-14-11(17)8(10(16)13-12(14)18)9(15)7-5-3-2-4-6-7/h2-6,8H,1H3,(H,13,16,18)/t8-/m0/s1. The molecule has 0 radical (unpaired) electrons. The minimum atomic E-state index is -1.49. The Kier molecular flexibility index (Phi) is 2.93. The number of carbonyl (C=O) groups is 4. The fraction of sp³-hybridized carbons (Fsp3) is 0.167. The maximum absolute atomic E-state index is 12.1. The molecule has 4 amide bonds. The van der Waals surface area contributed by atoms with Gasteiger partial charge in [-0.3, -0.25) is 24.6 Å². The zero-order valence-corrected chi connectivity index (χ0v) is 9.54. The number of urea groups is 1. The van der Waals surface area contributed by atoms with Crippen LogP contribution in [0.4, 0.5) is 4.79 Å².